The molecular weight excluding hydrogens is 265 g/mol. The minimum Gasteiger partial charge on any atom is -0.375 e. The first-order valence-electron chi connectivity index (χ1n) is 5.73. The average Bonchev–Trinajstić information content (AvgIpc) is 2.77. The van der Waals surface area contributed by atoms with Crippen molar-refractivity contribution in [3.05, 3.63) is 46.7 Å². The summed E-state index contributed by atoms with van der Waals surface area (Å²) < 4.78 is 13.5. The Balaban J connectivity index is 1.98. The van der Waals surface area contributed by atoms with Crippen molar-refractivity contribution in [3.8, 4) is 0 Å². The van der Waals surface area contributed by atoms with Gasteiger partial charge in [0.25, 0.3) is 0 Å². The van der Waals surface area contributed by atoms with E-state index < -0.39 is 0 Å². The molecule has 0 fully saturated rings. The van der Waals surface area contributed by atoms with Gasteiger partial charge in [-0.05, 0) is 6.07 Å². The van der Waals surface area contributed by atoms with Gasteiger partial charge in [-0.2, -0.15) is 0 Å². The van der Waals surface area contributed by atoms with Gasteiger partial charge >= 0.3 is 0 Å². The highest BCUT2D eigenvalue weighted by molar-refractivity contribution is 7.13. The van der Waals surface area contributed by atoms with Crippen molar-refractivity contribution in [2.45, 2.75) is 13.0 Å². The Bertz CT molecular complexity index is 585. The third-order valence-electron chi connectivity index (χ3n) is 2.69. The summed E-state index contributed by atoms with van der Waals surface area (Å²) in [5.74, 6) is -0.423. The zero-order valence-electron chi connectivity index (χ0n) is 10.5. The van der Waals surface area contributed by atoms with Crippen LogP contribution >= 0.6 is 11.3 Å². The second-order valence-electron chi connectivity index (χ2n) is 4.20. The molecule has 0 saturated carbocycles. The maximum Gasteiger partial charge on any atom is 0.228 e. The molecule has 0 radical (unpaired) electrons. The number of nitrogen functional groups attached to an aromatic ring is 1. The summed E-state index contributed by atoms with van der Waals surface area (Å²) in [5.41, 5.74) is 6.65. The third kappa shape index (κ3) is 3.51. The standard InChI is InChI=1S/C13H14FN3OS/c1-17(7-9-4-2-3-5-11(9)14)12(18)6-10-8-19-13(15)16-10/h2-5,8H,6-7H2,1H3,(H2,15,16). The van der Waals surface area contributed by atoms with E-state index in [-0.39, 0.29) is 24.7 Å². The van der Waals surface area contributed by atoms with Crippen LogP contribution in [0.15, 0.2) is 29.6 Å². The number of hydrogen-bond acceptors (Lipinski definition) is 4. The molecule has 0 aliphatic rings. The maximum absolute atomic E-state index is 13.5. The molecule has 0 aliphatic carbocycles. The number of amides is 1. The van der Waals surface area contributed by atoms with Crippen LogP contribution in [-0.2, 0) is 17.8 Å². The van der Waals surface area contributed by atoms with Crippen LogP contribution in [0.5, 0.6) is 0 Å². The summed E-state index contributed by atoms with van der Waals surface area (Å²) in [4.78, 5) is 17.5. The number of nitrogens with two attached hydrogens (primary N) is 1. The first-order chi connectivity index (χ1) is 9.06. The molecule has 2 rings (SSSR count). The quantitative estimate of drug-likeness (QED) is 0.932. The number of hydrogen-bond donors (Lipinski definition) is 1. The Hall–Kier alpha value is -1.95. The minimum absolute atomic E-state index is 0.117. The van der Waals surface area contributed by atoms with Crippen molar-refractivity contribution < 1.29 is 9.18 Å². The van der Waals surface area contributed by atoms with E-state index in [4.69, 9.17) is 5.73 Å². The molecular formula is C13H14FN3OS. The molecule has 1 aromatic heterocycles. The lowest BCUT2D eigenvalue weighted by molar-refractivity contribution is -0.129. The van der Waals surface area contributed by atoms with Gasteiger partial charge < -0.3 is 10.6 Å². The number of aromatic nitrogens is 1. The highest BCUT2D eigenvalue weighted by Crippen LogP contribution is 2.13. The summed E-state index contributed by atoms with van der Waals surface area (Å²) in [7, 11) is 1.64. The predicted molar refractivity (Wildman–Crippen MR) is 73.1 cm³/mol. The molecule has 0 atom stereocenters. The Kier molecular flexibility index (Phi) is 4.11. The zero-order chi connectivity index (χ0) is 13.8. The molecule has 0 bridgehead atoms. The number of halogens is 1. The largest absolute Gasteiger partial charge is 0.375 e. The Morgan fingerprint density at radius 1 is 1.47 bits per heavy atom. The summed E-state index contributed by atoms with van der Waals surface area (Å²) >= 11 is 1.30. The Morgan fingerprint density at radius 3 is 2.84 bits per heavy atom. The fourth-order valence-corrected chi connectivity index (χ4v) is 2.23. The summed E-state index contributed by atoms with van der Waals surface area (Å²) in [5, 5.41) is 2.20. The minimum atomic E-state index is -0.306. The fourth-order valence-electron chi connectivity index (χ4n) is 1.66. The lowest BCUT2D eigenvalue weighted by atomic mass is 10.2. The second-order valence-corrected chi connectivity index (χ2v) is 5.08. The normalized spacial score (nSPS) is 10.4. The highest BCUT2D eigenvalue weighted by atomic mass is 32.1. The van der Waals surface area contributed by atoms with Crippen LogP contribution in [0.1, 0.15) is 11.3 Å². The van der Waals surface area contributed by atoms with E-state index in [1.807, 2.05) is 0 Å². The number of nitrogens with zero attached hydrogens (tertiary/aromatic N) is 2. The summed E-state index contributed by atoms with van der Waals surface area (Å²) in [6, 6.07) is 6.42. The molecule has 0 saturated heterocycles. The topological polar surface area (TPSA) is 59.2 Å². The Morgan fingerprint density at radius 2 is 2.21 bits per heavy atom. The molecule has 6 heteroatoms. The van der Waals surface area contributed by atoms with Crippen LogP contribution in [0.3, 0.4) is 0 Å². The number of anilines is 1. The number of likely N-dealkylation sites (N-methyl/N-ethyl adjacent to an activating group) is 1. The maximum atomic E-state index is 13.5. The first-order valence-corrected chi connectivity index (χ1v) is 6.61. The van der Waals surface area contributed by atoms with Gasteiger partial charge in [0.1, 0.15) is 5.82 Å². The molecule has 2 N–H and O–H groups in total. The monoisotopic (exact) mass is 279 g/mol. The lowest BCUT2D eigenvalue weighted by Crippen LogP contribution is -2.28. The molecule has 100 valence electrons. The number of carbonyl (C=O) groups is 1. The molecule has 19 heavy (non-hydrogen) atoms. The summed E-state index contributed by atoms with van der Waals surface area (Å²) in [6.07, 6.45) is 0.179. The van der Waals surface area contributed by atoms with E-state index in [1.54, 1.807) is 30.6 Å². The predicted octanol–water partition coefficient (Wildman–Crippen LogP) is 2.07. The number of thiazole rings is 1. The van der Waals surface area contributed by atoms with E-state index in [2.05, 4.69) is 4.98 Å². The van der Waals surface area contributed by atoms with Gasteiger partial charge in [0.15, 0.2) is 5.13 Å². The first kappa shape index (κ1) is 13.5. The zero-order valence-corrected chi connectivity index (χ0v) is 11.3. The molecule has 4 nitrogen and oxygen atoms in total. The van der Waals surface area contributed by atoms with Crippen molar-refractivity contribution in [2.75, 3.05) is 12.8 Å². The highest BCUT2D eigenvalue weighted by Gasteiger charge is 2.13. The number of rotatable bonds is 4. The molecule has 2 aromatic rings. The SMILES string of the molecule is CN(Cc1ccccc1F)C(=O)Cc1csc(N)n1. The van der Waals surface area contributed by atoms with Crippen LogP contribution in [0, 0.1) is 5.82 Å². The summed E-state index contributed by atoms with van der Waals surface area (Å²) in [6.45, 7) is 0.241. The van der Waals surface area contributed by atoms with Crippen LogP contribution in [0.25, 0.3) is 0 Å². The van der Waals surface area contributed by atoms with Gasteiger partial charge in [-0.3, -0.25) is 4.79 Å². The van der Waals surface area contributed by atoms with Gasteiger partial charge in [-0.25, -0.2) is 9.37 Å². The van der Waals surface area contributed by atoms with E-state index >= 15 is 0 Å². The number of benzene rings is 1. The van der Waals surface area contributed by atoms with Crippen LogP contribution < -0.4 is 5.73 Å². The number of carbonyl (C=O) groups excluding carboxylic acids is 1. The van der Waals surface area contributed by atoms with Crippen molar-refractivity contribution in [1.29, 1.82) is 0 Å². The molecule has 1 heterocycles. The third-order valence-corrected chi connectivity index (χ3v) is 3.42. The molecule has 0 unspecified atom stereocenters. The van der Waals surface area contributed by atoms with Crippen LogP contribution in [0.2, 0.25) is 0 Å². The van der Waals surface area contributed by atoms with Gasteiger partial charge in [0.05, 0.1) is 12.1 Å². The van der Waals surface area contributed by atoms with E-state index in [1.165, 1.54) is 22.3 Å². The van der Waals surface area contributed by atoms with Crippen molar-refractivity contribution in [1.82, 2.24) is 9.88 Å². The van der Waals surface area contributed by atoms with Crippen molar-refractivity contribution >= 4 is 22.4 Å². The van der Waals surface area contributed by atoms with E-state index in [0.717, 1.165) is 0 Å². The molecule has 0 aliphatic heterocycles. The molecule has 1 aromatic carbocycles. The van der Waals surface area contributed by atoms with Gasteiger partial charge in [0.2, 0.25) is 5.91 Å². The van der Waals surface area contributed by atoms with Crippen molar-refractivity contribution in [3.63, 3.8) is 0 Å². The average molecular weight is 279 g/mol. The molecule has 0 spiro atoms. The lowest BCUT2D eigenvalue weighted by Gasteiger charge is -2.17. The second kappa shape index (κ2) is 5.79. The van der Waals surface area contributed by atoms with Crippen LogP contribution in [0.4, 0.5) is 9.52 Å². The van der Waals surface area contributed by atoms with Crippen molar-refractivity contribution in [2.24, 2.45) is 0 Å². The van der Waals surface area contributed by atoms with Gasteiger partial charge in [-0.15, -0.1) is 11.3 Å². The fraction of sp³-hybridized carbons (Fsp3) is 0.231. The smallest absolute Gasteiger partial charge is 0.228 e. The molecule has 1 amide bonds. The van der Waals surface area contributed by atoms with Crippen LogP contribution in [-0.4, -0.2) is 22.8 Å². The van der Waals surface area contributed by atoms with E-state index in [0.29, 0.717) is 16.4 Å². The van der Waals surface area contributed by atoms with Gasteiger partial charge in [-0.1, -0.05) is 18.2 Å². The Labute approximate surface area is 114 Å². The van der Waals surface area contributed by atoms with E-state index in [9.17, 15) is 9.18 Å². The van der Waals surface area contributed by atoms with Gasteiger partial charge in [0, 0.05) is 24.5 Å².